The SMILES string of the molecule is CCN1C[C@@]2(OC(=O)c3ccccc3NC(C)=O)CC[C@H](OC)[C@]34[C@@H]1[C@H](C[C@H]23)[C@@]1(O)C[C@H](OC)[C@@H]2C[C@@H]4[C@]1(O)[C@H]2OC. The van der Waals surface area contributed by atoms with Gasteiger partial charge in [-0.05, 0) is 44.4 Å². The normalized spacial score (nSPS) is 48.2. The highest BCUT2D eigenvalue weighted by atomic mass is 16.6. The maximum Gasteiger partial charge on any atom is 0.340 e. The summed E-state index contributed by atoms with van der Waals surface area (Å²) in [4.78, 5) is 28.3. The van der Waals surface area contributed by atoms with E-state index in [9.17, 15) is 19.8 Å². The van der Waals surface area contributed by atoms with E-state index in [2.05, 4.69) is 17.1 Å². The Hall–Kier alpha value is -2.08. The summed E-state index contributed by atoms with van der Waals surface area (Å²) in [7, 11) is 5.05. The molecule has 1 aromatic carbocycles. The lowest BCUT2D eigenvalue weighted by Gasteiger charge is -2.70. The van der Waals surface area contributed by atoms with Gasteiger partial charge in [0.2, 0.25) is 5.91 Å². The Kier molecular flexibility index (Phi) is 6.46. The highest BCUT2D eigenvalue weighted by molar-refractivity contribution is 6.00. The number of ether oxygens (including phenoxy) is 4. The molecule has 42 heavy (non-hydrogen) atoms. The van der Waals surface area contributed by atoms with Gasteiger partial charge in [0.15, 0.2) is 0 Å². The Bertz CT molecular complexity index is 1290. The first-order valence-corrected chi connectivity index (χ1v) is 15.4. The van der Waals surface area contributed by atoms with Crippen LogP contribution in [0.2, 0.25) is 0 Å². The number of benzene rings is 1. The molecule has 10 heteroatoms. The van der Waals surface area contributed by atoms with Gasteiger partial charge in [-0.2, -0.15) is 0 Å². The fraction of sp³-hybridized carbons (Fsp3) is 0.750. The molecule has 10 nitrogen and oxygen atoms in total. The zero-order valence-electron chi connectivity index (χ0n) is 25.2. The van der Waals surface area contributed by atoms with Crippen LogP contribution in [0, 0.1) is 29.1 Å². The highest BCUT2D eigenvalue weighted by Gasteiger charge is 2.89. The van der Waals surface area contributed by atoms with Crippen molar-refractivity contribution in [1.29, 1.82) is 0 Å². The Morgan fingerprint density at radius 3 is 2.50 bits per heavy atom. The minimum atomic E-state index is -1.48. The molecule has 0 unspecified atom stereocenters. The van der Waals surface area contributed by atoms with Crippen LogP contribution in [-0.4, -0.2) is 103 Å². The van der Waals surface area contributed by atoms with Crippen LogP contribution < -0.4 is 5.32 Å². The van der Waals surface area contributed by atoms with Crippen LogP contribution in [0.3, 0.4) is 0 Å². The summed E-state index contributed by atoms with van der Waals surface area (Å²) in [6.45, 7) is 4.79. The van der Waals surface area contributed by atoms with Gasteiger partial charge in [0.25, 0.3) is 0 Å². The van der Waals surface area contributed by atoms with E-state index in [1.807, 2.05) is 0 Å². The van der Waals surface area contributed by atoms with Crippen molar-refractivity contribution < 1.29 is 38.7 Å². The predicted octanol–water partition coefficient (Wildman–Crippen LogP) is 2.22. The largest absolute Gasteiger partial charge is 0.454 e. The predicted molar refractivity (Wildman–Crippen MR) is 152 cm³/mol. The van der Waals surface area contributed by atoms with Crippen molar-refractivity contribution in [2.24, 2.45) is 29.1 Å². The van der Waals surface area contributed by atoms with Crippen LogP contribution in [0.1, 0.15) is 56.3 Å². The van der Waals surface area contributed by atoms with Gasteiger partial charge < -0.3 is 34.5 Å². The van der Waals surface area contributed by atoms with Crippen LogP contribution >= 0.6 is 0 Å². The monoisotopic (exact) mass is 584 g/mol. The molecule has 5 saturated carbocycles. The van der Waals surface area contributed by atoms with E-state index in [0.29, 0.717) is 56.4 Å². The topological polar surface area (TPSA) is 127 Å². The molecule has 0 radical (unpaired) electrons. The highest BCUT2D eigenvalue weighted by Crippen LogP contribution is 2.79. The van der Waals surface area contributed by atoms with E-state index >= 15 is 0 Å². The molecule has 12 atom stereocenters. The van der Waals surface area contributed by atoms with Gasteiger partial charge in [0, 0.05) is 76.3 Å². The molecule has 230 valence electrons. The molecule has 1 aliphatic heterocycles. The van der Waals surface area contributed by atoms with Crippen molar-refractivity contribution in [2.45, 2.75) is 87.1 Å². The minimum absolute atomic E-state index is 0.0432. The van der Waals surface area contributed by atoms with Crippen LogP contribution in [0.15, 0.2) is 24.3 Å². The van der Waals surface area contributed by atoms with Crippen molar-refractivity contribution in [3.05, 3.63) is 29.8 Å². The van der Waals surface area contributed by atoms with Crippen LogP contribution in [0.4, 0.5) is 5.69 Å². The van der Waals surface area contributed by atoms with E-state index < -0.39 is 34.3 Å². The van der Waals surface area contributed by atoms with Gasteiger partial charge in [-0.3, -0.25) is 9.69 Å². The number of rotatable bonds is 7. The zero-order valence-corrected chi connectivity index (χ0v) is 25.2. The summed E-state index contributed by atoms with van der Waals surface area (Å²) in [5.41, 5.74) is -3.57. The number of likely N-dealkylation sites (N-methyl/N-ethyl adjacent to an activating group) is 1. The molecular weight excluding hydrogens is 540 g/mol. The van der Waals surface area contributed by atoms with Gasteiger partial charge in [0.05, 0.1) is 29.6 Å². The molecule has 1 amide bonds. The lowest BCUT2D eigenvalue weighted by atomic mass is 9.44. The van der Waals surface area contributed by atoms with Gasteiger partial charge in [0.1, 0.15) is 16.8 Å². The van der Waals surface area contributed by atoms with Crippen molar-refractivity contribution in [3.63, 3.8) is 0 Å². The van der Waals surface area contributed by atoms with Crippen LogP contribution in [-0.2, 0) is 23.7 Å². The molecular formula is C32H44N2O8. The van der Waals surface area contributed by atoms with E-state index in [1.54, 1.807) is 45.6 Å². The molecule has 7 rings (SSSR count). The second kappa shape index (κ2) is 9.46. The van der Waals surface area contributed by atoms with E-state index in [-0.39, 0.29) is 47.8 Å². The van der Waals surface area contributed by atoms with Gasteiger partial charge in [-0.1, -0.05) is 19.1 Å². The average molecular weight is 585 g/mol. The number of hydrogen-bond donors (Lipinski definition) is 3. The number of fused-ring (bicyclic) bond motifs is 2. The molecule has 1 aromatic rings. The summed E-state index contributed by atoms with van der Waals surface area (Å²) in [6, 6.07) is 6.89. The Balaban J connectivity index is 1.38. The molecule has 6 aliphatic rings. The second-order valence-electron chi connectivity index (χ2n) is 13.7. The van der Waals surface area contributed by atoms with Gasteiger partial charge >= 0.3 is 5.97 Å². The molecule has 1 spiro atoms. The number of nitrogens with one attached hydrogen (secondary N) is 1. The first-order valence-electron chi connectivity index (χ1n) is 15.4. The zero-order chi connectivity index (χ0) is 29.8. The number of amides is 1. The smallest absolute Gasteiger partial charge is 0.340 e. The number of methoxy groups -OCH3 is 3. The number of carbonyl (C=O) groups excluding carboxylic acids is 2. The standard InChI is InChI=1S/C32H44N2O8/c1-6-34-16-29(42-28(36)18-9-7-8-10-21(18)33-17(2)35)12-11-25(40-4)31-23(29)14-20(26(31)34)30(37)15-22(39-3)19-13-24(31)32(30,38)27(19)41-5/h7-10,19-20,22-27,37-38H,6,11-16H2,1-5H3,(H,33,35)/t19-,20-,22-,23+,24-,25-,26-,27-,29-,30-,31-,32-/m0/s1. The first-order chi connectivity index (χ1) is 20.1. The fourth-order valence-corrected chi connectivity index (χ4v) is 11.6. The number of aliphatic hydroxyl groups is 2. The van der Waals surface area contributed by atoms with Gasteiger partial charge in [-0.15, -0.1) is 0 Å². The van der Waals surface area contributed by atoms with Crippen molar-refractivity contribution in [2.75, 3.05) is 39.7 Å². The first kappa shape index (κ1) is 28.7. The number of nitrogens with zero attached hydrogens (tertiary/aromatic N) is 1. The van der Waals surface area contributed by atoms with Crippen molar-refractivity contribution >= 4 is 17.6 Å². The molecule has 1 heterocycles. The second-order valence-corrected chi connectivity index (χ2v) is 13.7. The molecule has 1 saturated heterocycles. The lowest BCUT2D eigenvalue weighted by Crippen LogP contribution is -2.83. The summed E-state index contributed by atoms with van der Waals surface area (Å²) >= 11 is 0. The molecule has 0 aromatic heterocycles. The van der Waals surface area contributed by atoms with E-state index in [0.717, 1.165) is 0 Å². The Labute approximate surface area is 247 Å². The lowest BCUT2D eigenvalue weighted by molar-refractivity contribution is -0.337. The van der Waals surface area contributed by atoms with Crippen LogP contribution in [0.5, 0.6) is 0 Å². The third-order valence-corrected chi connectivity index (χ3v) is 12.6. The molecule has 7 bridgehead atoms. The summed E-state index contributed by atoms with van der Waals surface area (Å²) in [5.74, 6) is -1.54. The van der Waals surface area contributed by atoms with Crippen LogP contribution in [0.25, 0.3) is 0 Å². The Morgan fingerprint density at radius 1 is 1.07 bits per heavy atom. The minimum Gasteiger partial charge on any atom is -0.454 e. The van der Waals surface area contributed by atoms with E-state index in [1.165, 1.54) is 6.92 Å². The third-order valence-electron chi connectivity index (χ3n) is 12.6. The number of esters is 1. The summed E-state index contributed by atoms with van der Waals surface area (Å²) in [5, 5.41) is 28.4. The third kappa shape index (κ3) is 3.21. The molecule has 6 fully saturated rings. The maximum absolute atomic E-state index is 14.0. The molecule has 5 aliphatic carbocycles. The number of piperidine rings is 1. The number of carbonyl (C=O) groups is 2. The maximum atomic E-state index is 14.0. The van der Waals surface area contributed by atoms with Crippen molar-refractivity contribution in [1.82, 2.24) is 4.90 Å². The Morgan fingerprint density at radius 2 is 1.83 bits per heavy atom. The molecule has 3 N–H and O–H groups in total. The fourth-order valence-electron chi connectivity index (χ4n) is 11.6. The number of hydrogen-bond acceptors (Lipinski definition) is 9. The number of para-hydroxylation sites is 1. The van der Waals surface area contributed by atoms with E-state index in [4.69, 9.17) is 18.9 Å². The van der Waals surface area contributed by atoms with Gasteiger partial charge in [-0.25, -0.2) is 4.79 Å². The number of likely N-dealkylation sites (tertiary alicyclic amines) is 1. The average Bonchev–Trinajstić information content (AvgIpc) is 3.39. The number of anilines is 1. The quantitative estimate of drug-likeness (QED) is 0.414. The van der Waals surface area contributed by atoms with Crippen molar-refractivity contribution in [3.8, 4) is 0 Å². The summed E-state index contributed by atoms with van der Waals surface area (Å²) in [6.07, 6.45) is 1.91. The summed E-state index contributed by atoms with van der Waals surface area (Å²) < 4.78 is 25.1.